The van der Waals surface area contributed by atoms with Gasteiger partial charge in [-0.25, -0.2) is 0 Å². The first-order chi connectivity index (χ1) is 13.1. The van der Waals surface area contributed by atoms with Crippen molar-refractivity contribution >= 4 is 17.5 Å². The van der Waals surface area contributed by atoms with Crippen molar-refractivity contribution < 1.29 is 19.1 Å². The fourth-order valence-corrected chi connectivity index (χ4v) is 3.25. The Hall–Kier alpha value is -2.86. The molecule has 1 aliphatic rings. The van der Waals surface area contributed by atoms with Gasteiger partial charge in [0.25, 0.3) is 0 Å². The number of amides is 2. The third-order valence-electron chi connectivity index (χ3n) is 4.75. The van der Waals surface area contributed by atoms with Crippen LogP contribution >= 0.6 is 0 Å². The van der Waals surface area contributed by atoms with Crippen LogP contribution in [0, 0.1) is 5.92 Å². The molecule has 0 saturated carbocycles. The number of hydrogen-bond acceptors (Lipinski definition) is 4. The standard InChI is InChI=1S/C21H24N2O4/c1-26-14-16-6-4-3-5-15(16)12-22-21(25)17-11-20(24)23(13-17)18-7-9-19(27-2)10-8-18/h3-10,17H,11-14H2,1-2H3,(H,22,25). The van der Waals surface area contributed by atoms with Gasteiger partial charge >= 0.3 is 0 Å². The zero-order valence-corrected chi connectivity index (χ0v) is 15.6. The van der Waals surface area contributed by atoms with E-state index < -0.39 is 0 Å². The molecular formula is C21H24N2O4. The van der Waals surface area contributed by atoms with Crippen LogP contribution in [0.25, 0.3) is 0 Å². The summed E-state index contributed by atoms with van der Waals surface area (Å²) in [6.45, 7) is 1.31. The number of nitrogens with zero attached hydrogens (tertiary/aromatic N) is 1. The molecule has 1 atom stereocenters. The average molecular weight is 368 g/mol. The Labute approximate surface area is 159 Å². The van der Waals surface area contributed by atoms with E-state index in [1.165, 1.54) is 0 Å². The highest BCUT2D eigenvalue weighted by Crippen LogP contribution is 2.27. The second kappa shape index (κ2) is 8.68. The van der Waals surface area contributed by atoms with E-state index in [1.807, 2.05) is 48.5 Å². The van der Waals surface area contributed by atoms with Crippen molar-refractivity contribution in [3.05, 3.63) is 59.7 Å². The number of methoxy groups -OCH3 is 2. The Morgan fingerprint density at radius 2 is 1.81 bits per heavy atom. The Bertz CT molecular complexity index is 804. The van der Waals surface area contributed by atoms with Crippen molar-refractivity contribution in [3.8, 4) is 5.75 Å². The van der Waals surface area contributed by atoms with E-state index in [4.69, 9.17) is 9.47 Å². The summed E-state index contributed by atoms with van der Waals surface area (Å²) in [6.07, 6.45) is 0.220. The zero-order chi connectivity index (χ0) is 19.2. The van der Waals surface area contributed by atoms with Crippen molar-refractivity contribution in [2.75, 3.05) is 25.7 Å². The number of hydrogen-bond donors (Lipinski definition) is 1. The molecule has 2 aromatic rings. The van der Waals surface area contributed by atoms with E-state index in [0.29, 0.717) is 19.7 Å². The van der Waals surface area contributed by atoms with Crippen LogP contribution in [-0.2, 0) is 27.5 Å². The van der Waals surface area contributed by atoms with Gasteiger partial charge < -0.3 is 19.7 Å². The van der Waals surface area contributed by atoms with Crippen LogP contribution in [0.5, 0.6) is 5.75 Å². The number of carbonyl (C=O) groups is 2. The second-order valence-corrected chi connectivity index (χ2v) is 6.52. The van der Waals surface area contributed by atoms with Crippen LogP contribution in [0.3, 0.4) is 0 Å². The van der Waals surface area contributed by atoms with Gasteiger partial charge in [-0.1, -0.05) is 24.3 Å². The molecule has 1 unspecified atom stereocenters. The van der Waals surface area contributed by atoms with Crippen molar-refractivity contribution in [1.82, 2.24) is 5.32 Å². The Morgan fingerprint density at radius 1 is 1.11 bits per heavy atom. The predicted molar refractivity (Wildman–Crippen MR) is 102 cm³/mol. The van der Waals surface area contributed by atoms with Gasteiger partial charge in [-0.2, -0.15) is 0 Å². The molecule has 1 fully saturated rings. The monoisotopic (exact) mass is 368 g/mol. The fourth-order valence-electron chi connectivity index (χ4n) is 3.25. The molecule has 27 heavy (non-hydrogen) atoms. The van der Waals surface area contributed by atoms with Gasteiger partial charge in [0.2, 0.25) is 11.8 Å². The van der Waals surface area contributed by atoms with Gasteiger partial charge in [0.15, 0.2) is 0 Å². The van der Waals surface area contributed by atoms with Crippen molar-refractivity contribution in [1.29, 1.82) is 0 Å². The Balaban J connectivity index is 1.60. The summed E-state index contributed by atoms with van der Waals surface area (Å²) >= 11 is 0. The van der Waals surface area contributed by atoms with Crippen LogP contribution in [-0.4, -0.2) is 32.6 Å². The molecule has 142 valence electrons. The summed E-state index contributed by atoms with van der Waals surface area (Å²) in [5, 5.41) is 2.96. The predicted octanol–water partition coefficient (Wildman–Crippen LogP) is 2.51. The molecule has 2 aromatic carbocycles. The number of benzene rings is 2. The summed E-state index contributed by atoms with van der Waals surface area (Å²) < 4.78 is 10.3. The summed E-state index contributed by atoms with van der Waals surface area (Å²) in [5.74, 6) is 0.232. The summed E-state index contributed by atoms with van der Waals surface area (Å²) in [6, 6.07) is 15.1. The van der Waals surface area contributed by atoms with Crippen molar-refractivity contribution in [2.24, 2.45) is 5.92 Å². The molecule has 3 rings (SSSR count). The molecular weight excluding hydrogens is 344 g/mol. The van der Waals surface area contributed by atoms with E-state index in [9.17, 15) is 9.59 Å². The molecule has 6 heteroatoms. The largest absolute Gasteiger partial charge is 0.497 e. The van der Waals surface area contributed by atoms with Crippen LogP contribution in [0.4, 0.5) is 5.69 Å². The number of nitrogens with one attached hydrogen (secondary N) is 1. The van der Waals surface area contributed by atoms with E-state index >= 15 is 0 Å². The van der Waals surface area contributed by atoms with E-state index in [0.717, 1.165) is 22.6 Å². The van der Waals surface area contributed by atoms with Crippen molar-refractivity contribution in [2.45, 2.75) is 19.6 Å². The SMILES string of the molecule is COCc1ccccc1CNC(=O)C1CC(=O)N(c2ccc(OC)cc2)C1. The van der Waals surface area contributed by atoms with Gasteiger partial charge in [0, 0.05) is 32.3 Å². The van der Waals surface area contributed by atoms with Crippen molar-refractivity contribution in [3.63, 3.8) is 0 Å². The maximum atomic E-state index is 12.6. The highest BCUT2D eigenvalue weighted by Gasteiger charge is 2.35. The molecule has 0 bridgehead atoms. The van der Waals surface area contributed by atoms with Crippen LogP contribution in [0.1, 0.15) is 17.5 Å². The quantitative estimate of drug-likeness (QED) is 0.815. The van der Waals surface area contributed by atoms with Gasteiger partial charge in [0.05, 0.1) is 19.6 Å². The lowest BCUT2D eigenvalue weighted by Gasteiger charge is -2.17. The number of anilines is 1. The third kappa shape index (κ3) is 4.46. The molecule has 1 saturated heterocycles. The summed E-state index contributed by atoms with van der Waals surface area (Å²) in [5.41, 5.74) is 2.84. The normalized spacial score (nSPS) is 16.4. The molecule has 0 spiro atoms. The highest BCUT2D eigenvalue weighted by molar-refractivity contribution is 6.00. The summed E-state index contributed by atoms with van der Waals surface area (Å²) in [4.78, 5) is 26.6. The number of rotatable bonds is 7. The first-order valence-corrected chi connectivity index (χ1v) is 8.90. The molecule has 1 heterocycles. The summed E-state index contributed by atoms with van der Waals surface area (Å²) in [7, 11) is 3.24. The Kier molecular flexibility index (Phi) is 6.08. The molecule has 1 aliphatic heterocycles. The topological polar surface area (TPSA) is 67.9 Å². The maximum Gasteiger partial charge on any atom is 0.227 e. The molecule has 2 amide bonds. The highest BCUT2D eigenvalue weighted by atomic mass is 16.5. The molecule has 1 N–H and O–H groups in total. The number of carbonyl (C=O) groups excluding carboxylic acids is 2. The smallest absolute Gasteiger partial charge is 0.227 e. The lowest BCUT2D eigenvalue weighted by Crippen LogP contribution is -2.32. The zero-order valence-electron chi connectivity index (χ0n) is 15.6. The minimum Gasteiger partial charge on any atom is -0.497 e. The van der Waals surface area contributed by atoms with Crippen LogP contribution in [0.2, 0.25) is 0 Å². The first kappa shape index (κ1) is 18.9. The van der Waals surface area contributed by atoms with Gasteiger partial charge in [0.1, 0.15) is 5.75 Å². The van der Waals surface area contributed by atoms with E-state index in [-0.39, 0.29) is 24.2 Å². The van der Waals surface area contributed by atoms with E-state index in [2.05, 4.69) is 5.32 Å². The molecule has 6 nitrogen and oxygen atoms in total. The molecule has 0 radical (unpaired) electrons. The minimum atomic E-state index is -0.353. The van der Waals surface area contributed by atoms with Gasteiger partial charge in [-0.15, -0.1) is 0 Å². The third-order valence-corrected chi connectivity index (χ3v) is 4.75. The van der Waals surface area contributed by atoms with Gasteiger partial charge in [-0.05, 0) is 35.4 Å². The average Bonchev–Trinajstić information content (AvgIpc) is 3.09. The minimum absolute atomic E-state index is 0.0416. The van der Waals surface area contributed by atoms with Crippen LogP contribution in [0.15, 0.2) is 48.5 Å². The fraction of sp³-hybridized carbons (Fsp3) is 0.333. The van der Waals surface area contributed by atoms with Gasteiger partial charge in [-0.3, -0.25) is 9.59 Å². The second-order valence-electron chi connectivity index (χ2n) is 6.52. The molecule has 0 aromatic heterocycles. The number of ether oxygens (including phenoxy) is 2. The van der Waals surface area contributed by atoms with E-state index in [1.54, 1.807) is 19.1 Å². The Morgan fingerprint density at radius 3 is 2.48 bits per heavy atom. The molecule has 0 aliphatic carbocycles. The maximum absolute atomic E-state index is 12.6. The first-order valence-electron chi connectivity index (χ1n) is 8.90. The lowest BCUT2D eigenvalue weighted by molar-refractivity contribution is -0.126. The lowest BCUT2D eigenvalue weighted by atomic mass is 10.1. The van der Waals surface area contributed by atoms with Crippen LogP contribution < -0.4 is 15.0 Å².